The Hall–Kier alpha value is -3.38. The Morgan fingerprint density at radius 3 is 2.55 bits per heavy atom. The number of rotatable bonds is 4. The van der Waals surface area contributed by atoms with Gasteiger partial charge in [-0.2, -0.15) is 5.26 Å². The topological polar surface area (TPSA) is 47.5 Å². The van der Waals surface area contributed by atoms with Gasteiger partial charge in [0.2, 0.25) is 0 Å². The normalized spacial score (nSPS) is 17.5. The van der Waals surface area contributed by atoms with Gasteiger partial charge in [-0.15, -0.1) is 0 Å². The van der Waals surface area contributed by atoms with Crippen LogP contribution in [0.2, 0.25) is 5.02 Å². The number of aromatic nitrogens is 1. The first kappa shape index (κ1) is 20.9. The predicted molar refractivity (Wildman–Crippen MR) is 123 cm³/mol. The van der Waals surface area contributed by atoms with Crippen LogP contribution >= 0.6 is 11.6 Å². The molecule has 6 heteroatoms. The molecule has 1 saturated heterocycles. The van der Waals surface area contributed by atoms with Crippen LogP contribution in [-0.2, 0) is 0 Å². The van der Waals surface area contributed by atoms with Gasteiger partial charge in [-0.3, -0.25) is 4.90 Å². The van der Waals surface area contributed by atoms with Crippen LogP contribution in [0.3, 0.4) is 0 Å². The Labute approximate surface area is 187 Å². The number of nitrogens with zero attached hydrogens (tertiary/aromatic N) is 5. The summed E-state index contributed by atoms with van der Waals surface area (Å²) >= 11 is 6.14. The van der Waals surface area contributed by atoms with Crippen LogP contribution in [0.5, 0.6) is 0 Å². The molecule has 0 saturated carbocycles. The Balaban J connectivity index is 1.66. The second-order valence-electron chi connectivity index (χ2n) is 7.62. The van der Waals surface area contributed by atoms with Crippen molar-refractivity contribution in [1.29, 1.82) is 5.26 Å². The minimum Gasteiger partial charge on any atom is -0.346 e. The maximum atomic E-state index is 9.61. The molecule has 2 aromatic carbocycles. The number of pyridine rings is 1. The second-order valence-corrected chi connectivity index (χ2v) is 8.06. The second kappa shape index (κ2) is 9.18. The lowest BCUT2D eigenvalue weighted by atomic mass is 9.98. The molecule has 2 atom stereocenters. The van der Waals surface area contributed by atoms with E-state index in [1.165, 1.54) is 5.56 Å². The molecule has 0 amide bonds. The number of halogens is 1. The van der Waals surface area contributed by atoms with Gasteiger partial charge in [0, 0.05) is 36.9 Å². The largest absolute Gasteiger partial charge is 0.346 e. The van der Waals surface area contributed by atoms with Gasteiger partial charge >= 0.3 is 0 Å². The van der Waals surface area contributed by atoms with E-state index in [0.717, 1.165) is 31.0 Å². The summed E-state index contributed by atoms with van der Waals surface area (Å²) in [7, 11) is 0. The molecule has 2 heterocycles. The molecular weight excluding hydrogens is 406 g/mol. The number of piperazine rings is 1. The van der Waals surface area contributed by atoms with Crippen LogP contribution in [-0.4, -0.2) is 29.5 Å². The fourth-order valence-electron chi connectivity index (χ4n) is 4.13. The number of hydrogen-bond acceptors (Lipinski definition) is 4. The van der Waals surface area contributed by atoms with Crippen molar-refractivity contribution in [2.45, 2.75) is 19.0 Å². The third-order valence-corrected chi connectivity index (χ3v) is 6.15. The first-order valence-electron chi connectivity index (χ1n) is 10.2. The van der Waals surface area contributed by atoms with E-state index < -0.39 is 0 Å². The number of anilines is 1. The van der Waals surface area contributed by atoms with Crippen LogP contribution < -0.4 is 4.90 Å². The van der Waals surface area contributed by atoms with Crippen molar-refractivity contribution in [1.82, 2.24) is 9.88 Å². The highest BCUT2D eigenvalue weighted by Gasteiger charge is 2.32. The molecule has 3 aromatic rings. The van der Waals surface area contributed by atoms with Crippen LogP contribution in [0, 0.1) is 17.9 Å². The summed E-state index contributed by atoms with van der Waals surface area (Å²) in [6.45, 7) is 11.7. The quantitative estimate of drug-likeness (QED) is 0.495. The van der Waals surface area contributed by atoms with Gasteiger partial charge in [0.15, 0.2) is 5.69 Å². The highest BCUT2D eigenvalue weighted by atomic mass is 35.5. The van der Waals surface area contributed by atoms with Crippen LogP contribution in [0.25, 0.3) is 4.85 Å². The van der Waals surface area contributed by atoms with Crippen molar-refractivity contribution in [3.8, 4) is 6.07 Å². The number of benzene rings is 2. The summed E-state index contributed by atoms with van der Waals surface area (Å²) in [5.74, 6) is 0.721. The van der Waals surface area contributed by atoms with E-state index in [1.807, 2.05) is 54.6 Å². The van der Waals surface area contributed by atoms with Crippen LogP contribution in [0.15, 0.2) is 66.9 Å². The van der Waals surface area contributed by atoms with Crippen molar-refractivity contribution in [2.75, 3.05) is 24.5 Å². The molecule has 0 spiro atoms. The third kappa shape index (κ3) is 4.39. The van der Waals surface area contributed by atoms with Gasteiger partial charge in [-0.05, 0) is 42.3 Å². The zero-order chi connectivity index (χ0) is 21.8. The van der Waals surface area contributed by atoms with Crippen molar-refractivity contribution >= 4 is 23.1 Å². The summed E-state index contributed by atoms with van der Waals surface area (Å²) in [6, 6.07) is 21.9. The van der Waals surface area contributed by atoms with Crippen molar-refractivity contribution < 1.29 is 0 Å². The highest BCUT2D eigenvalue weighted by molar-refractivity contribution is 6.30. The van der Waals surface area contributed by atoms with Gasteiger partial charge in [0.25, 0.3) is 0 Å². The minimum absolute atomic E-state index is 0.0398. The Morgan fingerprint density at radius 1 is 1.13 bits per heavy atom. The van der Waals surface area contributed by atoms with Gasteiger partial charge in [0.05, 0.1) is 18.2 Å². The Kier molecular flexibility index (Phi) is 6.18. The fourth-order valence-corrected chi connectivity index (χ4v) is 4.26. The summed E-state index contributed by atoms with van der Waals surface area (Å²) in [5, 5.41) is 10.3. The van der Waals surface area contributed by atoms with E-state index in [0.29, 0.717) is 16.3 Å². The molecule has 0 radical (unpaired) electrons. The smallest absolute Gasteiger partial charge is 0.187 e. The molecule has 31 heavy (non-hydrogen) atoms. The van der Waals surface area contributed by atoms with E-state index in [1.54, 1.807) is 12.3 Å². The maximum Gasteiger partial charge on any atom is 0.187 e. The number of nitriles is 1. The maximum absolute atomic E-state index is 9.61. The summed E-state index contributed by atoms with van der Waals surface area (Å²) < 4.78 is 0. The van der Waals surface area contributed by atoms with Crippen LogP contribution in [0.1, 0.15) is 35.7 Å². The molecule has 0 bridgehead atoms. The predicted octanol–water partition coefficient (Wildman–Crippen LogP) is 5.78. The summed E-state index contributed by atoms with van der Waals surface area (Å²) in [4.78, 5) is 12.7. The molecule has 1 aliphatic heterocycles. The SMILES string of the molecule is [C-]#[N+]c1ccc([C@@H](C)N2CCN(c3ncccc3C#N)[C@H](c3ccc(Cl)cc3)C2)cc1. The average Bonchev–Trinajstić information content (AvgIpc) is 2.83. The highest BCUT2D eigenvalue weighted by Crippen LogP contribution is 2.35. The summed E-state index contributed by atoms with van der Waals surface area (Å²) in [5.41, 5.74) is 3.56. The van der Waals surface area contributed by atoms with Crippen LogP contribution in [0.4, 0.5) is 11.5 Å². The first-order chi connectivity index (χ1) is 15.1. The monoisotopic (exact) mass is 427 g/mol. The molecular formula is C25H22ClN5. The zero-order valence-electron chi connectivity index (χ0n) is 17.2. The number of hydrogen-bond donors (Lipinski definition) is 0. The standard InChI is InChI=1S/C25H22ClN5/c1-18(19-7-11-23(28-2)12-8-19)30-14-15-31(25-21(16-27)4-3-13-29-25)24(17-30)20-5-9-22(26)10-6-20/h3-13,18,24H,14-15,17H2,1H3/t18-,24+/m1/s1. The van der Waals surface area contributed by atoms with E-state index in [2.05, 4.69) is 32.6 Å². The fraction of sp³-hybridized carbons (Fsp3) is 0.240. The average molecular weight is 428 g/mol. The third-order valence-electron chi connectivity index (χ3n) is 5.90. The lowest BCUT2D eigenvalue weighted by Crippen LogP contribution is -2.49. The van der Waals surface area contributed by atoms with Crippen molar-refractivity contribution in [2.24, 2.45) is 0 Å². The molecule has 0 aliphatic carbocycles. The molecule has 1 fully saturated rings. The molecule has 4 rings (SSSR count). The van der Waals surface area contributed by atoms with E-state index in [4.69, 9.17) is 18.2 Å². The Bertz CT molecular complexity index is 1130. The lowest BCUT2D eigenvalue weighted by molar-refractivity contribution is 0.170. The summed E-state index contributed by atoms with van der Waals surface area (Å²) in [6.07, 6.45) is 1.74. The molecule has 5 nitrogen and oxygen atoms in total. The Morgan fingerprint density at radius 2 is 1.87 bits per heavy atom. The molecule has 1 aliphatic rings. The molecule has 154 valence electrons. The van der Waals surface area contributed by atoms with Gasteiger partial charge in [-0.1, -0.05) is 48.0 Å². The van der Waals surface area contributed by atoms with Gasteiger partial charge < -0.3 is 4.90 Å². The lowest BCUT2D eigenvalue weighted by Gasteiger charge is -2.45. The van der Waals surface area contributed by atoms with Crippen molar-refractivity contribution in [3.05, 3.63) is 100.0 Å². The van der Waals surface area contributed by atoms with Gasteiger partial charge in [-0.25, -0.2) is 9.83 Å². The molecule has 0 unspecified atom stereocenters. The van der Waals surface area contributed by atoms with Crippen molar-refractivity contribution in [3.63, 3.8) is 0 Å². The zero-order valence-corrected chi connectivity index (χ0v) is 18.0. The van der Waals surface area contributed by atoms with E-state index >= 15 is 0 Å². The molecule has 0 N–H and O–H groups in total. The van der Waals surface area contributed by atoms with E-state index in [9.17, 15) is 5.26 Å². The molecule has 1 aromatic heterocycles. The van der Waals surface area contributed by atoms with Gasteiger partial charge in [0.1, 0.15) is 11.9 Å². The minimum atomic E-state index is 0.0398. The van der Waals surface area contributed by atoms with E-state index in [-0.39, 0.29) is 12.1 Å². The first-order valence-corrected chi connectivity index (χ1v) is 10.6.